The maximum Gasteiger partial charge on any atom is 0.237 e. The third-order valence-electron chi connectivity index (χ3n) is 6.88. The summed E-state index contributed by atoms with van der Waals surface area (Å²) >= 11 is 0. The average molecular weight is 487 g/mol. The number of benzene rings is 2. The van der Waals surface area contributed by atoms with Crippen LogP contribution in [0.25, 0.3) is 11.3 Å². The van der Waals surface area contributed by atoms with Crippen molar-refractivity contribution in [3.8, 4) is 17.0 Å². The minimum absolute atomic E-state index is 0.0993. The number of rotatable bonds is 1. The first kappa shape index (κ1) is 24.2. The molecule has 0 aliphatic carbocycles. The Kier molecular flexibility index (Phi) is 7.44. The Labute approximate surface area is 212 Å². The molecule has 8 nitrogen and oxygen atoms in total. The number of amides is 1. The van der Waals surface area contributed by atoms with E-state index in [0.29, 0.717) is 19.0 Å². The Morgan fingerprint density at radius 3 is 2.69 bits per heavy atom. The van der Waals surface area contributed by atoms with Gasteiger partial charge in [-0.25, -0.2) is 9.97 Å². The van der Waals surface area contributed by atoms with Gasteiger partial charge in [-0.3, -0.25) is 9.69 Å². The lowest BCUT2D eigenvalue weighted by atomic mass is 10.1. The van der Waals surface area contributed by atoms with E-state index in [2.05, 4.69) is 62.8 Å². The SMILES string of the molecule is COc1cc2cc(c1)Nc1nccc(n1)-c1ccc(cc1)CN(C)CCCNC(=O)[C@@H]1CCCN1C2. The third kappa shape index (κ3) is 5.83. The van der Waals surface area contributed by atoms with Gasteiger partial charge in [0.25, 0.3) is 0 Å². The summed E-state index contributed by atoms with van der Waals surface area (Å²) in [6.07, 6.45) is 4.60. The van der Waals surface area contributed by atoms with Gasteiger partial charge in [-0.2, -0.15) is 0 Å². The Hall–Kier alpha value is -3.49. The van der Waals surface area contributed by atoms with E-state index in [1.807, 2.05) is 18.2 Å². The van der Waals surface area contributed by atoms with Crippen molar-refractivity contribution in [2.45, 2.75) is 38.4 Å². The molecule has 1 aromatic heterocycles. The summed E-state index contributed by atoms with van der Waals surface area (Å²) in [5.41, 5.74) is 5.09. The largest absolute Gasteiger partial charge is 0.497 e. The quantitative estimate of drug-likeness (QED) is 0.541. The summed E-state index contributed by atoms with van der Waals surface area (Å²) in [5, 5.41) is 6.52. The molecule has 3 aliphatic heterocycles. The van der Waals surface area contributed by atoms with Crippen molar-refractivity contribution in [2.24, 2.45) is 0 Å². The molecule has 2 aromatic carbocycles. The number of hydrogen-bond donors (Lipinski definition) is 2. The van der Waals surface area contributed by atoms with Crippen LogP contribution in [0.1, 0.15) is 30.4 Å². The lowest BCUT2D eigenvalue weighted by molar-refractivity contribution is -0.125. The number of methoxy groups -OCH3 is 1. The molecule has 0 spiro atoms. The van der Waals surface area contributed by atoms with Gasteiger partial charge in [0.15, 0.2) is 0 Å². The maximum absolute atomic E-state index is 13.0. The van der Waals surface area contributed by atoms with E-state index in [1.165, 1.54) is 5.56 Å². The lowest BCUT2D eigenvalue weighted by Crippen LogP contribution is -2.43. The molecule has 6 rings (SSSR count). The van der Waals surface area contributed by atoms with Crippen molar-refractivity contribution in [3.05, 3.63) is 65.9 Å². The number of anilines is 2. The second-order valence-electron chi connectivity index (χ2n) is 9.67. The lowest BCUT2D eigenvalue weighted by Gasteiger charge is -2.24. The zero-order chi connectivity index (χ0) is 24.9. The highest BCUT2D eigenvalue weighted by atomic mass is 16.5. The standard InChI is InChI=1S/C28H34N6O2/c1-33-13-4-11-29-27(35)26-5-3-14-34(26)19-21-15-23(17-24(16-21)36-2)31-28-30-12-10-25(32-28)22-8-6-20(18-33)7-9-22/h6-10,12,15-17,26H,3-5,11,13-14,18-19H2,1-2H3,(H,29,35)(H,30,31,32)/t26-/m0/s1. The highest BCUT2D eigenvalue weighted by molar-refractivity contribution is 5.82. The van der Waals surface area contributed by atoms with E-state index >= 15 is 0 Å². The molecular weight excluding hydrogens is 452 g/mol. The molecule has 1 atom stereocenters. The number of carbonyl (C=O) groups is 1. The van der Waals surface area contributed by atoms with Crippen LogP contribution in [0.2, 0.25) is 0 Å². The van der Waals surface area contributed by atoms with Crippen LogP contribution < -0.4 is 15.4 Å². The molecule has 1 saturated heterocycles. The molecule has 2 N–H and O–H groups in total. The number of nitrogens with one attached hydrogen (secondary N) is 2. The first-order valence-corrected chi connectivity index (χ1v) is 12.6. The number of aromatic nitrogens is 2. The first-order valence-electron chi connectivity index (χ1n) is 12.6. The molecule has 4 heterocycles. The molecule has 0 unspecified atom stereocenters. The molecule has 8 heteroatoms. The second-order valence-corrected chi connectivity index (χ2v) is 9.67. The molecule has 3 aromatic rings. The normalized spacial score (nSPS) is 19.6. The molecule has 3 aliphatic rings. The Morgan fingerprint density at radius 2 is 1.86 bits per heavy atom. The van der Waals surface area contributed by atoms with Gasteiger partial charge in [0.05, 0.1) is 18.8 Å². The van der Waals surface area contributed by atoms with Crippen LogP contribution in [-0.4, -0.2) is 65.5 Å². The predicted molar refractivity (Wildman–Crippen MR) is 141 cm³/mol. The van der Waals surface area contributed by atoms with Gasteiger partial charge in [0.2, 0.25) is 11.9 Å². The predicted octanol–water partition coefficient (Wildman–Crippen LogP) is 3.81. The topological polar surface area (TPSA) is 82.6 Å². The van der Waals surface area contributed by atoms with E-state index in [9.17, 15) is 4.79 Å². The summed E-state index contributed by atoms with van der Waals surface area (Å²) in [4.78, 5) is 26.7. The van der Waals surface area contributed by atoms with E-state index in [-0.39, 0.29) is 11.9 Å². The van der Waals surface area contributed by atoms with Gasteiger partial charge in [0, 0.05) is 43.1 Å². The van der Waals surface area contributed by atoms with Crippen LogP contribution in [0.4, 0.5) is 11.6 Å². The first-order chi connectivity index (χ1) is 17.6. The summed E-state index contributed by atoms with van der Waals surface area (Å²) in [7, 11) is 3.79. The van der Waals surface area contributed by atoms with Gasteiger partial charge >= 0.3 is 0 Å². The van der Waals surface area contributed by atoms with Crippen molar-refractivity contribution in [2.75, 3.05) is 39.1 Å². The molecule has 6 bridgehead atoms. The molecule has 0 radical (unpaired) electrons. The zero-order valence-electron chi connectivity index (χ0n) is 21.0. The van der Waals surface area contributed by atoms with Crippen LogP contribution in [0.3, 0.4) is 0 Å². The third-order valence-corrected chi connectivity index (χ3v) is 6.88. The zero-order valence-corrected chi connectivity index (χ0v) is 21.0. The maximum atomic E-state index is 13.0. The van der Waals surface area contributed by atoms with Crippen molar-refractivity contribution < 1.29 is 9.53 Å². The van der Waals surface area contributed by atoms with Crippen molar-refractivity contribution in [3.63, 3.8) is 0 Å². The Morgan fingerprint density at radius 1 is 1.00 bits per heavy atom. The molecule has 188 valence electrons. The van der Waals surface area contributed by atoms with Crippen molar-refractivity contribution in [1.29, 1.82) is 0 Å². The Bertz CT molecular complexity index is 1200. The highest BCUT2D eigenvalue weighted by Gasteiger charge is 2.30. The van der Waals surface area contributed by atoms with E-state index in [1.54, 1.807) is 13.3 Å². The van der Waals surface area contributed by atoms with Gasteiger partial charge in [-0.05, 0) is 68.7 Å². The number of carbonyl (C=O) groups excluding carboxylic acids is 1. The summed E-state index contributed by atoms with van der Waals surface area (Å²) in [6.45, 7) is 4.05. The smallest absolute Gasteiger partial charge is 0.237 e. The van der Waals surface area contributed by atoms with Crippen molar-refractivity contribution in [1.82, 2.24) is 25.1 Å². The summed E-state index contributed by atoms with van der Waals surface area (Å²) in [6, 6.07) is 16.4. The summed E-state index contributed by atoms with van der Waals surface area (Å²) in [5.74, 6) is 1.41. The average Bonchev–Trinajstić information content (AvgIpc) is 3.34. The monoisotopic (exact) mass is 486 g/mol. The second kappa shape index (κ2) is 11.1. The molecule has 1 amide bonds. The van der Waals surface area contributed by atoms with Gasteiger partial charge in [0.1, 0.15) is 5.75 Å². The van der Waals surface area contributed by atoms with Crippen LogP contribution in [0.5, 0.6) is 5.75 Å². The molecular formula is C28H34N6O2. The van der Waals surface area contributed by atoms with Gasteiger partial charge in [-0.15, -0.1) is 0 Å². The van der Waals surface area contributed by atoms with E-state index in [0.717, 1.165) is 67.2 Å². The van der Waals surface area contributed by atoms with Gasteiger partial charge < -0.3 is 20.3 Å². The minimum atomic E-state index is -0.0993. The van der Waals surface area contributed by atoms with Crippen LogP contribution >= 0.6 is 0 Å². The summed E-state index contributed by atoms with van der Waals surface area (Å²) < 4.78 is 5.57. The number of ether oxygens (including phenoxy) is 1. The highest BCUT2D eigenvalue weighted by Crippen LogP contribution is 2.27. The minimum Gasteiger partial charge on any atom is -0.497 e. The molecule has 36 heavy (non-hydrogen) atoms. The van der Waals surface area contributed by atoms with Crippen molar-refractivity contribution >= 4 is 17.5 Å². The number of hydrogen-bond acceptors (Lipinski definition) is 7. The van der Waals surface area contributed by atoms with E-state index < -0.39 is 0 Å². The fourth-order valence-electron chi connectivity index (χ4n) is 5.05. The molecule has 1 fully saturated rings. The van der Waals surface area contributed by atoms with Crippen LogP contribution in [-0.2, 0) is 17.9 Å². The number of nitrogens with zero attached hydrogens (tertiary/aromatic N) is 4. The fourth-order valence-corrected chi connectivity index (χ4v) is 5.05. The van der Waals surface area contributed by atoms with Crippen LogP contribution in [0.15, 0.2) is 54.7 Å². The number of fused-ring (bicyclic) bond motifs is 8. The van der Waals surface area contributed by atoms with Gasteiger partial charge in [-0.1, -0.05) is 24.3 Å². The fraction of sp³-hybridized carbons (Fsp3) is 0.393. The Balaban J connectivity index is 1.46. The van der Waals surface area contributed by atoms with E-state index in [4.69, 9.17) is 9.72 Å². The van der Waals surface area contributed by atoms with Crippen LogP contribution in [0, 0.1) is 0 Å². The molecule has 0 saturated carbocycles.